The molecular weight excluding hydrogens is 206 g/mol. The Balaban J connectivity index is 2.78. The van der Waals surface area contributed by atoms with E-state index in [0.717, 1.165) is 17.0 Å². The van der Waals surface area contributed by atoms with Gasteiger partial charge in [-0.3, -0.25) is 0 Å². The van der Waals surface area contributed by atoms with Gasteiger partial charge in [-0.2, -0.15) is 5.10 Å². The number of nitrogens with one attached hydrogen (secondary N) is 1. The first kappa shape index (κ1) is 9.38. The third-order valence-corrected chi connectivity index (χ3v) is 1.89. The normalized spacial score (nSPS) is 10.5. The zero-order valence-electron chi connectivity index (χ0n) is 7.37. The van der Waals surface area contributed by atoms with Gasteiger partial charge in [-0.15, -0.1) is 0 Å². The molecule has 0 unspecified atom stereocenters. The van der Waals surface area contributed by atoms with Gasteiger partial charge in [-0.05, 0) is 12.1 Å². The molecule has 1 aromatic carbocycles. The standard InChI is InChI=1S/C8H6F2N4O/c9-4-1-2-5(11)7(6(4)10)14-3-12-13-8(14)15/h1-3H,11H2,(H,13,15). The zero-order valence-corrected chi connectivity index (χ0v) is 7.37. The van der Waals surface area contributed by atoms with Crippen LogP contribution in [0.3, 0.4) is 0 Å². The lowest BCUT2D eigenvalue weighted by Gasteiger charge is -2.06. The van der Waals surface area contributed by atoms with Gasteiger partial charge in [0, 0.05) is 0 Å². The smallest absolute Gasteiger partial charge is 0.347 e. The van der Waals surface area contributed by atoms with Crippen molar-refractivity contribution < 1.29 is 8.78 Å². The summed E-state index contributed by atoms with van der Waals surface area (Å²) in [5, 5.41) is 5.44. The van der Waals surface area contributed by atoms with Crippen LogP contribution in [-0.4, -0.2) is 14.8 Å². The van der Waals surface area contributed by atoms with Gasteiger partial charge in [0.1, 0.15) is 12.0 Å². The van der Waals surface area contributed by atoms with Crippen molar-refractivity contribution in [3.05, 3.63) is 40.6 Å². The van der Waals surface area contributed by atoms with E-state index in [0.29, 0.717) is 0 Å². The maximum absolute atomic E-state index is 13.3. The average Bonchev–Trinajstić information content (AvgIpc) is 2.60. The van der Waals surface area contributed by atoms with E-state index in [1.165, 1.54) is 6.07 Å². The Kier molecular flexibility index (Phi) is 2.00. The van der Waals surface area contributed by atoms with Crippen molar-refractivity contribution in [2.24, 2.45) is 0 Å². The first-order valence-corrected chi connectivity index (χ1v) is 3.97. The monoisotopic (exact) mass is 212 g/mol. The number of aromatic nitrogens is 3. The molecular formula is C8H6F2N4O. The molecule has 1 heterocycles. The summed E-state index contributed by atoms with van der Waals surface area (Å²) in [7, 11) is 0. The van der Waals surface area contributed by atoms with E-state index >= 15 is 0 Å². The fourth-order valence-corrected chi connectivity index (χ4v) is 1.21. The lowest BCUT2D eigenvalue weighted by Crippen LogP contribution is -2.17. The molecule has 0 fully saturated rings. The molecule has 78 valence electrons. The second kappa shape index (κ2) is 3.19. The first-order valence-electron chi connectivity index (χ1n) is 3.97. The van der Waals surface area contributed by atoms with Crippen LogP contribution in [0.25, 0.3) is 5.69 Å². The summed E-state index contributed by atoms with van der Waals surface area (Å²) in [6, 6.07) is 2.06. The van der Waals surface area contributed by atoms with Crippen LogP contribution in [0.5, 0.6) is 0 Å². The van der Waals surface area contributed by atoms with E-state index in [4.69, 9.17) is 5.73 Å². The van der Waals surface area contributed by atoms with E-state index in [1.54, 1.807) is 0 Å². The van der Waals surface area contributed by atoms with Crippen molar-refractivity contribution in [2.45, 2.75) is 0 Å². The molecule has 1 aromatic heterocycles. The fraction of sp³-hybridized carbons (Fsp3) is 0. The third kappa shape index (κ3) is 1.37. The highest BCUT2D eigenvalue weighted by Gasteiger charge is 2.15. The Hall–Kier alpha value is -2.18. The molecule has 0 aliphatic carbocycles. The molecule has 15 heavy (non-hydrogen) atoms. The van der Waals surface area contributed by atoms with Crippen molar-refractivity contribution in [3.8, 4) is 5.69 Å². The molecule has 2 aromatic rings. The maximum Gasteiger partial charge on any atom is 0.347 e. The van der Waals surface area contributed by atoms with Gasteiger partial charge in [-0.25, -0.2) is 23.2 Å². The van der Waals surface area contributed by atoms with E-state index in [9.17, 15) is 13.6 Å². The largest absolute Gasteiger partial charge is 0.397 e. The van der Waals surface area contributed by atoms with Gasteiger partial charge in [-0.1, -0.05) is 0 Å². The lowest BCUT2D eigenvalue weighted by atomic mass is 10.2. The number of benzene rings is 1. The van der Waals surface area contributed by atoms with Crippen LogP contribution in [-0.2, 0) is 0 Å². The molecule has 0 radical (unpaired) electrons. The molecule has 0 aliphatic heterocycles. The molecule has 0 saturated carbocycles. The van der Waals surface area contributed by atoms with Gasteiger partial charge in [0.05, 0.1) is 5.69 Å². The summed E-state index contributed by atoms with van der Waals surface area (Å²) in [5.74, 6) is -2.26. The van der Waals surface area contributed by atoms with Crippen molar-refractivity contribution in [1.82, 2.24) is 14.8 Å². The molecule has 2 rings (SSSR count). The minimum Gasteiger partial charge on any atom is -0.397 e. The molecule has 0 bridgehead atoms. The molecule has 7 heteroatoms. The second-order valence-electron chi connectivity index (χ2n) is 2.83. The van der Waals surface area contributed by atoms with Gasteiger partial charge in [0.15, 0.2) is 11.6 Å². The van der Waals surface area contributed by atoms with E-state index in [2.05, 4.69) is 10.2 Å². The van der Waals surface area contributed by atoms with Gasteiger partial charge in [0.25, 0.3) is 0 Å². The Labute approximate surface area is 82.1 Å². The average molecular weight is 212 g/mol. The summed E-state index contributed by atoms with van der Waals surface area (Å²) in [6.07, 6.45) is 1.02. The number of halogens is 2. The number of nitrogen functional groups attached to an aromatic ring is 1. The first-order chi connectivity index (χ1) is 7.11. The van der Waals surface area contributed by atoms with Crippen LogP contribution in [0, 0.1) is 11.6 Å². The summed E-state index contributed by atoms with van der Waals surface area (Å²) >= 11 is 0. The number of aromatic amines is 1. The van der Waals surface area contributed by atoms with Crippen LogP contribution >= 0.6 is 0 Å². The minimum absolute atomic E-state index is 0.0441. The van der Waals surface area contributed by atoms with Gasteiger partial charge in [0.2, 0.25) is 0 Å². The molecule has 0 atom stereocenters. The van der Waals surface area contributed by atoms with Crippen molar-refractivity contribution in [1.29, 1.82) is 0 Å². The molecule has 0 aliphatic rings. The lowest BCUT2D eigenvalue weighted by molar-refractivity contribution is 0.504. The van der Waals surface area contributed by atoms with Gasteiger partial charge >= 0.3 is 5.69 Å². The number of hydrogen-bond donors (Lipinski definition) is 2. The van der Waals surface area contributed by atoms with Crippen molar-refractivity contribution in [2.75, 3.05) is 5.73 Å². The Morgan fingerprint density at radius 1 is 1.40 bits per heavy atom. The predicted molar refractivity (Wildman–Crippen MR) is 48.5 cm³/mol. The van der Waals surface area contributed by atoms with Gasteiger partial charge < -0.3 is 5.73 Å². The Morgan fingerprint density at radius 3 is 2.73 bits per heavy atom. The number of nitrogens with two attached hydrogens (primary N) is 1. The molecule has 5 nitrogen and oxygen atoms in total. The zero-order chi connectivity index (χ0) is 11.0. The number of H-pyrrole nitrogens is 1. The Bertz CT molecular complexity index is 560. The number of nitrogens with zero attached hydrogens (tertiary/aromatic N) is 2. The number of rotatable bonds is 1. The number of anilines is 1. The molecule has 0 amide bonds. The van der Waals surface area contributed by atoms with Crippen LogP contribution in [0.4, 0.5) is 14.5 Å². The summed E-state index contributed by atoms with van der Waals surface area (Å²) in [4.78, 5) is 11.1. The van der Waals surface area contributed by atoms with E-state index in [-0.39, 0.29) is 11.4 Å². The highest BCUT2D eigenvalue weighted by Crippen LogP contribution is 2.21. The topological polar surface area (TPSA) is 76.7 Å². The maximum atomic E-state index is 13.3. The van der Waals surface area contributed by atoms with E-state index in [1.807, 2.05) is 0 Å². The van der Waals surface area contributed by atoms with Crippen LogP contribution in [0.1, 0.15) is 0 Å². The van der Waals surface area contributed by atoms with E-state index < -0.39 is 17.3 Å². The Morgan fingerprint density at radius 2 is 2.13 bits per heavy atom. The molecule has 0 spiro atoms. The SMILES string of the molecule is Nc1ccc(F)c(F)c1-n1cn[nH]c1=O. The summed E-state index contributed by atoms with van der Waals surface area (Å²) < 4.78 is 27.1. The predicted octanol–water partition coefficient (Wildman–Crippen LogP) is 0.421. The van der Waals surface area contributed by atoms with Crippen molar-refractivity contribution in [3.63, 3.8) is 0 Å². The number of hydrogen-bond acceptors (Lipinski definition) is 3. The van der Waals surface area contributed by atoms with Crippen LogP contribution < -0.4 is 11.4 Å². The highest BCUT2D eigenvalue weighted by molar-refractivity contribution is 5.58. The highest BCUT2D eigenvalue weighted by atomic mass is 19.2. The third-order valence-electron chi connectivity index (χ3n) is 1.89. The van der Waals surface area contributed by atoms with Crippen LogP contribution in [0.15, 0.2) is 23.3 Å². The minimum atomic E-state index is -1.18. The quantitative estimate of drug-likeness (QED) is 0.672. The summed E-state index contributed by atoms with van der Waals surface area (Å²) in [6.45, 7) is 0. The fourth-order valence-electron chi connectivity index (χ4n) is 1.21. The second-order valence-corrected chi connectivity index (χ2v) is 2.83. The van der Waals surface area contributed by atoms with Crippen molar-refractivity contribution >= 4 is 5.69 Å². The molecule has 0 saturated heterocycles. The van der Waals surface area contributed by atoms with Crippen LogP contribution in [0.2, 0.25) is 0 Å². The summed E-state index contributed by atoms with van der Waals surface area (Å²) in [5.41, 5.74) is 4.37. The molecule has 3 N–H and O–H groups in total.